The average Bonchev–Trinajstić information content (AvgIpc) is 2.30. The standard InChI is InChI=1S/C14H14N2/c1-3-5-12-9-15-14(16-10-12)13-7-4-6-11(2)8-13/h3-10H,1-2H3/b5-3+. The minimum absolute atomic E-state index is 0.775. The van der Waals surface area contributed by atoms with Crippen LogP contribution in [0.3, 0.4) is 0 Å². The van der Waals surface area contributed by atoms with Gasteiger partial charge in [-0.2, -0.15) is 0 Å². The number of allylic oxidation sites excluding steroid dienone is 1. The van der Waals surface area contributed by atoms with E-state index >= 15 is 0 Å². The Morgan fingerprint density at radius 2 is 1.88 bits per heavy atom. The van der Waals surface area contributed by atoms with E-state index in [1.165, 1.54) is 5.56 Å². The van der Waals surface area contributed by atoms with Crippen LogP contribution in [0.5, 0.6) is 0 Å². The van der Waals surface area contributed by atoms with E-state index in [-0.39, 0.29) is 0 Å². The first kappa shape index (κ1) is 10.6. The molecule has 1 aromatic carbocycles. The van der Waals surface area contributed by atoms with E-state index in [0.717, 1.165) is 17.0 Å². The molecule has 0 aliphatic heterocycles. The van der Waals surface area contributed by atoms with E-state index in [1.54, 1.807) is 0 Å². The molecule has 0 fully saturated rings. The Morgan fingerprint density at radius 1 is 1.12 bits per heavy atom. The lowest BCUT2D eigenvalue weighted by Crippen LogP contribution is -1.89. The SMILES string of the molecule is C/C=C/c1cnc(-c2cccc(C)c2)nc1. The van der Waals surface area contributed by atoms with Gasteiger partial charge in [-0.05, 0) is 19.9 Å². The Morgan fingerprint density at radius 3 is 2.50 bits per heavy atom. The molecule has 16 heavy (non-hydrogen) atoms. The first-order valence-electron chi connectivity index (χ1n) is 5.31. The summed E-state index contributed by atoms with van der Waals surface area (Å²) in [6.07, 6.45) is 7.64. The maximum atomic E-state index is 4.35. The van der Waals surface area contributed by atoms with Crippen LogP contribution in [0.1, 0.15) is 18.1 Å². The number of nitrogens with zero attached hydrogens (tertiary/aromatic N) is 2. The van der Waals surface area contributed by atoms with Crippen molar-refractivity contribution < 1.29 is 0 Å². The van der Waals surface area contributed by atoms with Gasteiger partial charge in [0.2, 0.25) is 0 Å². The van der Waals surface area contributed by atoms with Crippen LogP contribution in [-0.4, -0.2) is 9.97 Å². The molecule has 0 N–H and O–H groups in total. The normalized spacial score (nSPS) is 10.9. The van der Waals surface area contributed by atoms with Gasteiger partial charge in [0, 0.05) is 23.5 Å². The molecule has 0 spiro atoms. The molecule has 1 heterocycles. The van der Waals surface area contributed by atoms with Crippen LogP contribution in [0.2, 0.25) is 0 Å². The molecule has 0 unspecified atom stereocenters. The van der Waals surface area contributed by atoms with E-state index in [0.29, 0.717) is 0 Å². The van der Waals surface area contributed by atoms with Crippen molar-refractivity contribution in [3.05, 3.63) is 53.9 Å². The van der Waals surface area contributed by atoms with E-state index in [4.69, 9.17) is 0 Å². The number of rotatable bonds is 2. The van der Waals surface area contributed by atoms with E-state index in [9.17, 15) is 0 Å². The second-order valence-electron chi connectivity index (χ2n) is 3.71. The Bertz CT molecular complexity index is 498. The third kappa shape index (κ3) is 2.34. The number of hydrogen-bond acceptors (Lipinski definition) is 2. The highest BCUT2D eigenvalue weighted by molar-refractivity contribution is 5.57. The van der Waals surface area contributed by atoms with Gasteiger partial charge in [-0.3, -0.25) is 0 Å². The first-order valence-corrected chi connectivity index (χ1v) is 5.31. The van der Waals surface area contributed by atoms with Gasteiger partial charge in [0.1, 0.15) is 0 Å². The van der Waals surface area contributed by atoms with Crippen LogP contribution in [0.4, 0.5) is 0 Å². The van der Waals surface area contributed by atoms with E-state index < -0.39 is 0 Å². The maximum absolute atomic E-state index is 4.35. The van der Waals surface area contributed by atoms with Gasteiger partial charge >= 0.3 is 0 Å². The lowest BCUT2D eigenvalue weighted by Gasteiger charge is -2.01. The molecule has 0 amide bonds. The van der Waals surface area contributed by atoms with Crippen LogP contribution in [0.15, 0.2) is 42.7 Å². The number of aryl methyl sites for hydroxylation is 1. The smallest absolute Gasteiger partial charge is 0.159 e. The molecule has 0 saturated heterocycles. The average molecular weight is 210 g/mol. The third-order valence-electron chi connectivity index (χ3n) is 2.31. The zero-order chi connectivity index (χ0) is 11.4. The maximum Gasteiger partial charge on any atom is 0.159 e. The Kier molecular flexibility index (Phi) is 3.10. The van der Waals surface area contributed by atoms with Crippen molar-refractivity contribution in [2.45, 2.75) is 13.8 Å². The van der Waals surface area contributed by atoms with Gasteiger partial charge in [-0.1, -0.05) is 35.9 Å². The molecule has 0 aliphatic carbocycles. The number of benzene rings is 1. The van der Waals surface area contributed by atoms with Crippen molar-refractivity contribution in [1.29, 1.82) is 0 Å². The van der Waals surface area contributed by atoms with Crippen molar-refractivity contribution >= 4 is 6.08 Å². The minimum Gasteiger partial charge on any atom is -0.236 e. The van der Waals surface area contributed by atoms with Crippen molar-refractivity contribution in [2.75, 3.05) is 0 Å². The van der Waals surface area contributed by atoms with Gasteiger partial charge < -0.3 is 0 Å². The molecule has 2 heteroatoms. The highest BCUT2D eigenvalue weighted by atomic mass is 14.9. The summed E-state index contributed by atoms with van der Waals surface area (Å²) in [5.74, 6) is 0.775. The molecule has 0 aliphatic rings. The van der Waals surface area contributed by atoms with Gasteiger partial charge in [-0.25, -0.2) is 9.97 Å². The fourth-order valence-corrected chi connectivity index (χ4v) is 1.55. The molecule has 0 radical (unpaired) electrons. The first-order chi connectivity index (χ1) is 7.79. The van der Waals surface area contributed by atoms with E-state index in [1.807, 2.05) is 43.6 Å². The van der Waals surface area contributed by atoms with Gasteiger partial charge in [-0.15, -0.1) is 0 Å². The predicted octanol–water partition coefficient (Wildman–Crippen LogP) is 3.49. The fourth-order valence-electron chi connectivity index (χ4n) is 1.55. The van der Waals surface area contributed by atoms with Crippen LogP contribution in [0, 0.1) is 6.92 Å². The van der Waals surface area contributed by atoms with E-state index in [2.05, 4.69) is 29.0 Å². The van der Waals surface area contributed by atoms with Crippen LogP contribution in [-0.2, 0) is 0 Å². The molecule has 80 valence electrons. The molecule has 0 atom stereocenters. The van der Waals surface area contributed by atoms with Gasteiger partial charge in [0.05, 0.1) is 0 Å². The lowest BCUT2D eigenvalue weighted by molar-refractivity contribution is 1.16. The summed E-state index contributed by atoms with van der Waals surface area (Å²) in [5.41, 5.74) is 3.31. The zero-order valence-corrected chi connectivity index (χ0v) is 9.51. The molecular formula is C14H14N2. The second kappa shape index (κ2) is 4.71. The van der Waals surface area contributed by atoms with Crippen LogP contribution >= 0.6 is 0 Å². The molecule has 0 bridgehead atoms. The number of aromatic nitrogens is 2. The van der Waals surface area contributed by atoms with Crippen LogP contribution < -0.4 is 0 Å². The van der Waals surface area contributed by atoms with Gasteiger partial charge in [0.15, 0.2) is 5.82 Å². The summed E-state index contributed by atoms with van der Waals surface area (Å²) < 4.78 is 0. The quantitative estimate of drug-likeness (QED) is 0.758. The minimum atomic E-state index is 0.775. The van der Waals surface area contributed by atoms with Crippen molar-refractivity contribution in [3.63, 3.8) is 0 Å². The Balaban J connectivity index is 2.34. The molecule has 0 saturated carbocycles. The summed E-state index contributed by atoms with van der Waals surface area (Å²) >= 11 is 0. The molecule has 2 aromatic rings. The largest absolute Gasteiger partial charge is 0.236 e. The highest BCUT2D eigenvalue weighted by Gasteiger charge is 2.00. The summed E-state index contributed by atoms with van der Waals surface area (Å²) in [5, 5.41) is 0. The molecule has 2 nitrogen and oxygen atoms in total. The Hall–Kier alpha value is -1.96. The van der Waals surface area contributed by atoms with Crippen molar-refractivity contribution in [1.82, 2.24) is 9.97 Å². The monoisotopic (exact) mass is 210 g/mol. The third-order valence-corrected chi connectivity index (χ3v) is 2.31. The number of hydrogen-bond donors (Lipinski definition) is 0. The highest BCUT2D eigenvalue weighted by Crippen LogP contribution is 2.15. The summed E-state index contributed by atoms with van der Waals surface area (Å²) in [6.45, 7) is 4.05. The topological polar surface area (TPSA) is 25.8 Å². The lowest BCUT2D eigenvalue weighted by atomic mass is 10.1. The Labute approximate surface area is 95.7 Å². The summed E-state index contributed by atoms with van der Waals surface area (Å²) in [6, 6.07) is 8.20. The van der Waals surface area contributed by atoms with Crippen molar-refractivity contribution in [2.24, 2.45) is 0 Å². The van der Waals surface area contributed by atoms with Gasteiger partial charge in [0.25, 0.3) is 0 Å². The predicted molar refractivity (Wildman–Crippen MR) is 66.9 cm³/mol. The van der Waals surface area contributed by atoms with Crippen molar-refractivity contribution in [3.8, 4) is 11.4 Å². The molecule has 1 aromatic heterocycles. The zero-order valence-electron chi connectivity index (χ0n) is 9.51. The van der Waals surface area contributed by atoms with Crippen LogP contribution in [0.25, 0.3) is 17.5 Å². The second-order valence-corrected chi connectivity index (χ2v) is 3.71. The summed E-state index contributed by atoms with van der Waals surface area (Å²) in [7, 11) is 0. The fraction of sp³-hybridized carbons (Fsp3) is 0.143. The molecule has 2 rings (SSSR count). The summed E-state index contributed by atoms with van der Waals surface area (Å²) in [4.78, 5) is 8.69. The molecular weight excluding hydrogens is 196 g/mol.